The lowest BCUT2D eigenvalue weighted by Crippen LogP contribution is -2.41. The van der Waals surface area contributed by atoms with Crippen molar-refractivity contribution in [1.29, 1.82) is 0 Å². The molecule has 0 aliphatic heterocycles. The van der Waals surface area contributed by atoms with E-state index >= 15 is 0 Å². The highest BCUT2D eigenvalue weighted by Crippen LogP contribution is 2.06. The van der Waals surface area contributed by atoms with Gasteiger partial charge in [-0.05, 0) is 31.0 Å². The van der Waals surface area contributed by atoms with Crippen LogP contribution in [0, 0.1) is 0 Å². The number of hydrogen-bond donors (Lipinski definition) is 4. The van der Waals surface area contributed by atoms with Crippen molar-refractivity contribution in [3.05, 3.63) is 35.4 Å². The molecule has 0 saturated carbocycles. The summed E-state index contributed by atoms with van der Waals surface area (Å²) in [5, 5.41) is 9.15. The summed E-state index contributed by atoms with van der Waals surface area (Å²) in [6, 6.07) is 7.55. The number of nitrogens with zero attached hydrogens (tertiary/aromatic N) is 1. The molecular weight excluding hydrogens is 342 g/mol. The molecule has 7 heteroatoms. The highest BCUT2D eigenvalue weighted by molar-refractivity contribution is 5.96. The molecule has 5 N–H and O–H groups in total. The molecule has 0 heterocycles. The molecule has 1 unspecified atom stereocenters. The third-order valence-corrected chi connectivity index (χ3v) is 4.20. The summed E-state index contributed by atoms with van der Waals surface area (Å²) in [4.78, 5) is 26.8. The minimum atomic E-state index is -0.567. The number of unbranched alkanes of at least 4 members (excludes halogenated alkanes) is 3. The average molecular weight is 376 g/mol. The SMILES string of the molecule is CCCCCCC(C)NC(=NC)NCc1ccc(C(=O)NCC(N)=O)cc1. The first-order valence-electron chi connectivity index (χ1n) is 9.58. The van der Waals surface area contributed by atoms with Gasteiger partial charge in [-0.15, -0.1) is 0 Å². The van der Waals surface area contributed by atoms with Crippen LogP contribution in [-0.4, -0.2) is 37.4 Å². The Labute approximate surface area is 162 Å². The zero-order valence-electron chi connectivity index (χ0n) is 16.7. The van der Waals surface area contributed by atoms with Crippen LogP contribution < -0.4 is 21.7 Å². The van der Waals surface area contributed by atoms with Crippen LogP contribution in [0.15, 0.2) is 29.3 Å². The summed E-state index contributed by atoms with van der Waals surface area (Å²) in [5.41, 5.74) is 6.54. The van der Waals surface area contributed by atoms with E-state index in [4.69, 9.17) is 5.73 Å². The molecule has 1 aromatic carbocycles. The number of carbonyl (C=O) groups excluding carboxylic acids is 2. The third kappa shape index (κ3) is 9.63. The number of rotatable bonds is 11. The van der Waals surface area contributed by atoms with Gasteiger partial charge in [0.1, 0.15) is 0 Å². The molecule has 2 amide bonds. The molecule has 0 bridgehead atoms. The second-order valence-electron chi connectivity index (χ2n) is 6.67. The van der Waals surface area contributed by atoms with Crippen LogP contribution in [0.4, 0.5) is 0 Å². The minimum absolute atomic E-state index is 0.166. The second-order valence-corrected chi connectivity index (χ2v) is 6.67. The third-order valence-electron chi connectivity index (χ3n) is 4.20. The fraction of sp³-hybridized carbons (Fsp3) is 0.550. The van der Waals surface area contributed by atoms with Gasteiger partial charge in [-0.2, -0.15) is 0 Å². The zero-order valence-corrected chi connectivity index (χ0v) is 16.7. The summed E-state index contributed by atoms with van der Waals surface area (Å²) < 4.78 is 0. The van der Waals surface area contributed by atoms with E-state index in [0.717, 1.165) is 17.9 Å². The second kappa shape index (κ2) is 12.7. The molecule has 0 aliphatic carbocycles. The van der Waals surface area contributed by atoms with E-state index in [1.54, 1.807) is 19.2 Å². The molecule has 1 atom stereocenters. The Morgan fingerprint density at radius 2 is 1.81 bits per heavy atom. The van der Waals surface area contributed by atoms with Gasteiger partial charge in [0.15, 0.2) is 5.96 Å². The Kier molecular flexibility index (Phi) is 10.6. The van der Waals surface area contributed by atoms with Gasteiger partial charge in [-0.3, -0.25) is 14.6 Å². The summed E-state index contributed by atoms with van der Waals surface area (Å²) in [7, 11) is 1.76. The number of nitrogens with two attached hydrogens (primary N) is 1. The number of primary amides is 1. The van der Waals surface area contributed by atoms with E-state index in [1.807, 2.05) is 12.1 Å². The predicted octanol–water partition coefficient (Wildman–Crippen LogP) is 1.93. The standard InChI is InChI=1S/C20H33N5O2/c1-4-5-6-7-8-15(2)25-20(22-3)24-13-16-9-11-17(12-10-16)19(27)23-14-18(21)26/h9-12,15H,4-8,13-14H2,1-3H3,(H2,21,26)(H,23,27)(H2,22,24,25). The largest absolute Gasteiger partial charge is 0.368 e. The van der Waals surface area contributed by atoms with E-state index in [-0.39, 0.29) is 12.5 Å². The van der Waals surface area contributed by atoms with E-state index < -0.39 is 5.91 Å². The molecule has 1 rings (SSSR count). The highest BCUT2D eigenvalue weighted by Gasteiger charge is 2.07. The molecule has 27 heavy (non-hydrogen) atoms. The normalized spacial score (nSPS) is 12.3. The van der Waals surface area contributed by atoms with Gasteiger partial charge >= 0.3 is 0 Å². The Balaban J connectivity index is 2.42. The summed E-state index contributed by atoms with van der Waals surface area (Å²) >= 11 is 0. The summed E-state index contributed by atoms with van der Waals surface area (Å²) in [6.45, 7) is 4.82. The van der Waals surface area contributed by atoms with Gasteiger partial charge in [-0.25, -0.2) is 0 Å². The first-order valence-corrected chi connectivity index (χ1v) is 9.58. The number of guanidine groups is 1. The number of benzene rings is 1. The Morgan fingerprint density at radius 1 is 1.11 bits per heavy atom. The maximum Gasteiger partial charge on any atom is 0.251 e. The highest BCUT2D eigenvalue weighted by atomic mass is 16.2. The van der Waals surface area contributed by atoms with Crippen LogP contribution in [0.3, 0.4) is 0 Å². The maximum absolute atomic E-state index is 11.9. The van der Waals surface area contributed by atoms with Crippen molar-refractivity contribution in [2.24, 2.45) is 10.7 Å². The molecule has 0 aliphatic rings. The van der Waals surface area contributed by atoms with Crippen LogP contribution in [0.2, 0.25) is 0 Å². The van der Waals surface area contributed by atoms with Crippen LogP contribution >= 0.6 is 0 Å². The van der Waals surface area contributed by atoms with E-state index in [2.05, 4.69) is 34.8 Å². The van der Waals surface area contributed by atoms with E-state index in [0.29, 0.717) is 18.2 Å². The van der Waals surface area contributed by atoms with Crippen molar-refractivity contribution < 1.29 is 9.59 Å². The van der Waals surface area contributed by atoms with Gasteiger partial charge in [0.25, 0.3) is 5.91 Å². The number of carbonyl (C=O) groups is 2. The van der Waals surface area contributed by atoms with Crippen LogP contribution in [-0.2, 0) is 11.3 Å². The van der Waals surface area contributed by atoms with Gasteiger partial charge in [0.2, 0.25) is 5.91 Å². The van der Waals surface area contributed by atoms with E-state index in [9.17, 15) is 9.59 Å². The topological polar surface area (TPSA) is 109 Å². The van der Waals surface area contributed by atoms with Gasteiger partial charge < -0.3 is 21.7 Å². The number of amides is 2. The lowest BCUT2D eigenvalue weighted by atomic mass is 10.1. The minimum Gasteiger partial charge on any atom is -0.368 e. The van der Waals surface area contributed by atoms with Gasteiger partial charge in [0.05, 0.1) is 6.54 Å². The van der Waals surface area contributed by atoms with Crippen LogP contribution in [0.1, 0.15) is 61.9 Å². The molecular formula is C20H33N5O2. The van der Waals surface area contributed by atoms with Gasteiger partial charge in [-0.1, -0.05) is 44.7 Å². The zero-order chi connectivity index (χ0) is 20.1. The van der Waals surface area contributed by atoms with Crippen LogP contribution in [0.5, 0.6) is 0 Å². The molecule has 0 aromatic heterocycles. The first kappa shape index (κ1) is 22.5. The van der Waals surface area contributed by atoms with Gasteiger partial charge in [0, 0.05) is 25.2 Å². The molecule has 1 aromatic rings. The molecule has 0 fully saturated rings. The Morgan fingerprint density at radius 3 is 2.41 bits per heavy atom. The molecule has 7 nitrogen and oxygen atoms in total. The van der Waals surface area contributed by atoms with Crippen molar-refractivity contribution in [3.63, 3.8) is 0 Å². The fourth-order valence-corrected chi connectivity index (χ4v) is 2.61. The Hall–Kier alpha value is -2.57. The molecule has 0 spiro atoms. The number of aliphatic imine (C=N–C) groups is 1. The molecule has 0 saturated heterocycles. The fourth-order valence-electron chi connectivity index (χ4n) is 2.61. The van der Waals surface area contributed by atoms with Crippen molar-refractivity contribution in [2.75, 3.05) is 13.6 Å². The van der Waals surface area contributed by atoms with Crippen molar-refractivity contribution in [2.45, 2.75) is 58.5 Å². The first-order chi connectivity index (χ1) is 13.0. The maximum atomic E-state index is 11.9. The molecule has 150 valence electrons. The monoisotopic (exact) mass is 375 g/mol. The smallest absolute Gasteiger partial charge is 0.251 e. The molecule has 0 radical (unpaired) electrons. The average Bonchev–Trinajstić information content (AvgIpc) is 2.67. The quantitative estimate of drug-likeness (QED) is 0.269. The number of hydrogen-bond acceptors (Lipinski definition) is 3. The van der Waals surface area contributed by atoms with Crippen LogP contribution in [0.25, 0.3) is 0 Å². The van der Waals surface area contributed by atoms with E-state index in [1.165, 1.54) is 25.7 Å². The summed E-state index contributed by atoms with van der Waals surface area (Å²) in [6.07, 6.45) is 6.15. The van der Waals surface area contributed by atoms with Crippen molar-refractivity contribution >= 4 is 17.8 Å². The number of nitrogens with one attached hydrogen (secondary N) is 3. The lowest BCUT2D eigenvalue weighted by Gasteiger charge is -2.18. The van der Waals surface area contributed by atoms with Crippen molar-refractivity contribution in [1.82, 2.24) is 16.0 Å². The predicted molar refractivity (Wildman–Crippen MR) is 110 cm³/mol. The lowest BCUT2D eigenvalue weighted by molar-refractivity contribution is -0.117. The van der Waals surface area contributed by atoms with Crippen molar-refractivity contribution in [3.8, 4) is 0 Å². The summed E-state index contributed by atoms with van der Waals surface area (Å²) in [5.74, 6) is -0.119. The Bertz CT molecular complexity index is 613.